The van der Waals surface area contributed by atoms with E-state index in [-0.39, 0.29) is 0 Å². The molecule has 1 aromatic heterocycles. The fraction of sp³-hybridized carbons (Fsp3) is 0.800. The lowest BCUT2D eigenvalue weighted by molar-refractivity contribution is 0.312. The molecule has 0 bridgehead atoms. The molecule has 0 aromatic carbocycles. The van der Waals surface area contributed by atoms with E-state index in [2.05, 4.69) is 39.1 Å². The maximum atomic E-state index is 4.58. The number of nitrogens with one attached hydrogen (secondary N) is 1. The Bertz CT molecular complexity index is 453. The van der Waals surface area contributed by atoms with E-state index >= 15 is 0 Å². The highest BCUT2D eigenvalue weighted by Gasteiger charge is 2.25. The second kappa shape index (κ2) is 6.91. The van der Waals surface area contributed by atoms with Crippen LogP contribution in [0.15, 0.2) is 0 Å². The van der Waals surface area contributed by atoms with Gasteiger partial charge in [-0.3, -0.25) is 0 Å². The van der Waals surface area contributed by atoms with Gasteiger partial charge >= 0.3 is 0 Å². The minimum Gasteiger partial charge on any atom is -0.357 e. The van der Waals surface area contributed by atoms with Gasteiger partial charge in [-0.15, -0.1) is 0 Å². The second-order valence-electron chi connectivity index (χ2n) is 6.10. The Morgan fingerprint density at radius 2 is 1.62 bits per heavy atom. The summed E-state index contributed by atoms with van der Waals surface area (Å²) in [5.41, 5.74) is 0. The van der Waals surface area contributed by atoms with E-state index in [0.29, 0.717) is 17.9 Å². The molecule has 2 rings (SSSR count). The van der Waals surface area contributed by atoms with E-state index in [4.69, 9.17) is 0 Å². The fourth-order valence-corrected chi connectivity index (χ4v) is 2.93. The number of hydrogen-bond donors (Lipinski definition) is 1. The predicted molar refractivity (Wildman–Crippen MR) is 88.1 cm³/mol. The van der Waals surface area contributed by atoms with Gasteiger partial charge in [-0.25, -0.2) is 0 Å². The monoisotopic (exact) mass is 292 g/mol. The van der Waals surface area contributed by atoms with E-state index < -0.39 is 0 Å². The van der Waals surface area contributed by atoms with Crippen molar-refractivity contribution in [1.82, 2.24) is 15.0 Å². The molecule has 1 aliphatic rings. The third-order valence-electron chi connectivity index (χ3n) is 4.49. The van der Waals surface area contributed by atoms with Crippen LogP contribution in [-0.4, -0.2) is 49.2 Å². The Morgan fingerprint density at radius 3 is 2.14 bits per heavy atom. The number of rotatable bonds is 5. The Labute approximate surface area is 128 Å². The van der Waals surface area contributed by atoms with E-state index in [1.807, 2.05) is 26.0 Å². The molecule has 0 spiro atoms. The highest BCUT2D eigenvalue weighted by molar-refractivity contribution is 5.44. The third kappa shape index (κ3) is 3.74. The molecule has 1 heterocycles. The van der Waals surface area contributed by atoms with E-state index in [9.17, 15) is 0 Å². The molecule has 6 nitrogen and oxygen atoms in total. The van der Waals surface area contributed by atoms with Gasteiger partial charge < -0.3 is 15.1 Å². The molecule has 0 atom stereocenters. The molecule has 118 valence electrons. The zero-order valence-corrected chi connectivity index (χ0v) is 13.9. The first kappa shape index (κ1) is 15.8. The van der Waals surface area contributed by atoms with Crippen LogP contribution >= 0.6 is 0 Å². The number of hydrogen-bond acceptors (Lipinski definition) is 6. The molecular weight excluding hydrogens is 264 g/mol. The first-order chi connectivity index (χ1) is 10.0. The Morgan fingerprint density at radius 1 is 1.00 bits per heavy atom. The Hall–Kier alpha value is -1.59. The first-order valence-electron chi connectivity index (χ1n) is 7.89. The first-order valence-corrected chi connectivity index (χ1v) is 7.89. The maximum absolute atomic E-state index is 4.58. The molecule has 0 saturated heterocycles. The van der Waals surface area contributed by atoms with Gasteiger partial charge in [-0.05, 0) is 31.6 Å². The van der Waals surface area contributed by atoms with Gasteiger partial charge in [0.15, 0.2) is 0 Å². The zero-order chi connectivity index (χ0) is 15.4. The van der Waals surface area contributed by atoms with Crippen molar-refractivity contribution in [2.45, 2.75) is 45.1 Å². The second-order valence-corrected chi connectivity index (χ2v) is 6.10. The smallest absolute Gasteiger partial charge is 0.231 e. The normalized spacial score (nSPS) is 22.0. The van der Waals surface area contributed by atoms with Crippen molar-refractivity contribution in [1.29, 1.82) is 0 Å². The summed E-state index contributed by atoms with van der Waals surface area (Å²) in [6.07, 6.45) is 6.39. The summed E-state index contributed by atoms with van der Waals surface area (Å²) in [5, 5.41) is 3.02. The van der Waals surface area contributed by atoms with Crippen molar-refractivity contribution >= 4 is 17.8 Å². The Kier molecular flexibility index (Phi) is 5.20. The van der Waals surface area contributed by atoms with Gasteiger partial charge in [-0.2, -0.15) is 15.0 Å². The summed E-state index contributed by atoms with van der Waals surface area (Å²) in [4.78, 5) is 17.6. The minimum absolute atomic E-state index is 0.537. The lowest BCUT2D eigenvalue weighted by Gasteiger charge is -2.34. The lowest BCUT2D eigenvalue weighted by Crippen LogP contribution is -2.36. The fourth-order valence-electron chi connectivity index (χ4n) is 2.93. The van der Waals surface area contributed by atoms with Crippen molar-refractivity contribution in [3.8, 4) is 0 Å². The standard InChI is InChI=1S/C15H28N6/c1-6-11-7-9-12(10-8-11)21(5)15-18-13(16-2)17-14(19-15)20(3)4/h11-12H,6-10H2,1-5H3,(H,16,17,18,19). The van der Waals surface area contributed by atoms with Crippen LogP contribution < -0.4 is 15.1 Å². The zero-order valence-electron chi connectivity index (χ0n) is 13.9. The molecule has 0 amide bonds. The van der Waals surface area contributed by atoms with Gasteiger partial charge in [0.05, 0.1) is 0 Å². The number of nitrogens with zero attached hydrogens (tertiary/aromatic N) is 5. The summed E-state index contributed by atoms with van der Waals surface area (Å²) < 4.78 is 0. The van der Waals surface area contributed by atoms with Crippen molar-refractivity contribution in [3.63, 3.8) is 0 Å². The summed E-state index contributed by atoms with van der Waals surface area (Å²) in [7, 11) is 7.84. The van der Waals surface area contributed by atoms with Gasteiger partial charge in [0.2, 0.25) is 17.8 Å². The molecule has 1 saturated carbocycles. The van der Waals surface area contributed by atoms with Gasteiger partial charge in [-0.1, -0.05) is 13.3 Å². The van der Waals surface area contributed by atoms with Crippen LogP contribution in [0.5, 0.6) is 0 Å². The van der Waals surface area contributed by atoms with E-state index in [1.165, 1.54) is 32.1 Å². The van der Waals surface area contributed by atoms with Crippen LogP contribution in [-0.2, 0) is 0 Å². The van der Waals surface area contributed by atoms with Crippen LogP contribution in [0.3, 0.4) is 0 Å². The van der Waals surface area contributed by atoms with Crippen molar-refractivity contribution < 1.29 is 0 Å². The van der Waals surface area contributed by atoms with E-state index in [1.54, 1.807) is 0 Å². The van der Waals surface area contributed by atoms with Crippen LogP contribution in [0.25, 0.3) is 0 Å². The average Bonchev–Trinajstić information content (AvgIpc) is 2.53. The lowest BCUT2D eigenvalue weighted by atomic mass is 9.84. The largest absolute Gasteiger partial charge is 0.357 e. The van der Waals surface area contributed by atoms with Crippen molar-refractivity contribution in [2.75, 3.05) is 43.3 Å². The van der Waals surface area contributed by atoms with Crippen molar-refractivity contribution in [2.24, 2.45) is 5.92 Å². The third-order valence-corrected chi connectivity index (χ3v) is 4.49. The van der Waals surface area contributed by atoms with Gasteiger partial charge in [0, 0.05) is 34.2 Å². The molecule has 1 N–H and O–H groups in total. The maximum Gasteiger partial charge on any atom is 0.231 e. The number of aromatic nitrogens is 3. The van der Waals surface area contributed by atoms with Crippen LogP contribution in [0.2, 0.25) is 0 Å². The summed E-state index contributed by atoms with van der Waals surface area (Å²) >= 11 is 0. The molecule has 1 aliphatic carbocycles. The van der Waals surface area contributed by atoms with E-state index in [0.717, 1.165) is 11.9 Å². The highest BCUT2D eigenvalue weighted by Crippen LogP contribution is 2.30. The SMILES string of the molecule is CCC1CCC(N(C)c2nc(NC)nc(N(C)C)n2)CC1. The highest BCUT2D eigenvalue weighted by atomic mass is 15.3. The van der Waals surface area contributed by atoms with Gasteiger partial charge in [0.1, 0.15) is 0 Å². The van der Waals surface area contributed by atoms with Crippen LogP contribution in [0, 0.1) is 5.92 Å². The van der Waals surface area contributed by atoms with Crippen molar-refractivity contribution in [3.05, 3.63) is 0 Å². The molecule has 0 aliphatic heterocycles. The Balaban J connectivity index is 2.15. The molecule has 1 fully saturated rings. The molecule has 6 heteroatoms. The van der Waals surface area contributed by atoms with Crippen LogP contribution in [0.4, 0.5) is 17.8 Å². The predicted octanol–water partition coefficient (Wildman–Crippen LogP) is 2.38. The topological polar surface area (TPSA) is 57.2 Å². The summed E-state index contributed by atoms with van der Waals surface area (Å²) in [6.45, 7) is 2.29. The quantitative estimate of drug-likeness (QED) is 0.899. The summed E-state index contributed by atoms with van der Waals surface area (Å²) in [6, 6.07) is 0.537. The van der Waals surface area contributed by atoms with Crippen LogP contribution in [0.1, 0.15) is 39.0 Å². The van der Waals surface area contributed by atoms with Gasteiger partial charge in [0.25, 0.3) is 0 Å². The molecule has 21 heavy (non-hydrogen) atoms. The molecule has 0 radical (unpaired) electrons. The molecule has 0 unspecified atom stereocenters. The molecule has 1 aromatic rings. The summed E-state index contributed by atoms with van der Waals surface area (Å²) in [5.74, 6) is 2.98. The number of anilines is 3. The minimum atomic E-state index is 0.537. The molecular formula is C15H28N6. The average molecular weight is 292 g/mol.